The van der Waals surface area contributed by atoms with Crippen LogP contribution >= 0.6 is 0 Å². The fourth-order valence-electron chi connectivity index (χ4n) is 4.35. The smallest absolute Gasteiger partial charge is 0.325 e. The number of carbonyl (C=O) groups is 3. The van der Waals surface area contributed by atoms with Crippen molar-refractivity contribution in [1.29, 1.82) is 0 Å². The van der Waals surface area contributed by atoms with Gasteiger partial charge in [0.15, 0.2) is 0 Å². The molecule has 2 aliphatic heterocycles. The summed E-state index contributed by atoms with van der Waals surface area (Å²) >= 11 is 0. The molecule has 0 bridgehead atoms. The molecule has 7 nitrogen and oxygen atoms in total. The minimum atomic E-state index is -0.892. The number of hydrogen-bond acceptors (Lipinski definition) is 3. The van der Waals surface area contributed by atoms with Crippen LogP contribution in [0.5, 0.6) is 0 Å². The predicted molar refractivity (Wildman–Crippen MR) is 114 cm³/mol. The molecule has 7 heteroatoms. The highest BCUT2D eigenvalue weighted by atomic mass is 16.2. The first-order valence-corrected chi connectivity index (χ1v) is 10.6. The van der Waals surface area contributed by atoms with Gasteiger partial charge in [-0.2, -0.15) is 0 Å². The maximum atomic E-state index is 12.6. The van der Waals surface area contributed by atoms with Gasteiger partial charge in [-0.1, -0.05) is 42.5 Å². The first-order chi connectivity index (χ1) is 14.3. The minimum Gasteiger partial charge on any atom is -0.331 e. The number of piperazine rings is 1. The Labute approximate surface area is 176 Å². The standard InChI is InChI=1S/C23H28N4O3/c1-23(2)21(29)27(22(30)24-23)11-10-20(28)26-14-12-25(13-15-26)16-18-8-5-7-17-6-3-4-9-19(17)18/h3-9H,10-16H2,1-2H3,(H,24,30)/p+1. The van der Waals surface area contributed by atoms with E-state index in [-0.39, 0.29) is 24.8 Å². The van der Waals surface area contributed by atoms with E-state index in [1.165, 1.54) is 21.2 Å². The van der Waals surface area contributed by atoms with Crippen molar-refractivity contribution in [3.8, 4) is 0 Å². The molecule has 0 saturated carbocycles. The number of urea groups is 1. The van der Waals surface area contributed by atoms with Gasteiger partial charge in [0, 0.05) is 18.5 Å². The summed E-state index contributed by atoms with van der Waals surface area (Å²) in [6.45, 7) is 7.61. The lowest BCUT2D eigenvalue weighted by molar-refractivity contribution is -0.917. The monoisotopic (exact) mass is 409 g/mol. The van der Waals surface area contributed by atoms with Gasteiger partial charge in [0.05, 0.1) is 26.2 Å². The van der Waals surface area contributed by atoms with Gasteiger partial charge in [-0.15, -0.1) is 0 Å². The average Bonchev–Trinajstić information content (AvgIpc) is 2.93. The number of imide groups is 1. The highest BCUT2D eigenvalue weighted by molar-refractivity contribution is 6.06. The average molecular weight is 410 g/mol. The molecule has 2 fully saturated rings. The summed E-state index contributed by atoms with van der Waals surface area (Å²) in [6, 6.07) is 14.5. The van der Waals surface area contributed by atoms with E-state index >= 15 is 0 Å². The second kappa shape index (κ2) is 8.07. The zero-order chi connectivity index (χ0) is 21.3. The van der Waals surface area contributed by atoms with Crippen LogP contribution in [0.4, 0.5) is 4.79 Å². The second-order valence-corrected chi connectivity index (χ2v) is 8.71. The molecule has 0 atom stereocenters. The molecule has 2 aromatic carbocycles. The molecule has 0 aliphatic carbocycles. The topological polar surface area (TPSA) is 74.2 Å². The Morgan fingerprint density at radius 1 is 1.07 bits per heavy atom. The Morgan fingerprint density at radius 2 is 1.77 bits per heavy atom. The minimum absolute atomic E-state index is 0.00418. The fourth-order valence-corrected chi connectivity index (χ4v) is 4.35. The Hall–Kier alpha value is -2.93. The summed E-state index contributed by atoms with van der Waals surface area (Å²) in [5.74, 6) is -0.269. The normalized spacial score (nSPS) is 19.4. The SMILES string of the molecule is CC1(C)NC(=O)N(CCC(=O)N2CC[NH+](Cc3cccc4ccccc34)CC2)C1=O. The molecule has 0 aromatic heterocycles. The zero-order valence-electron chi connectivity index (χ0n) is 17.6. The van der Waals surface area contributed by atoms with Gasteiger partial charge in [0.25, 0.3) is 5.91 Å². The van der Waals surface area contributed by atoms with Gasteiger partial charge in [-0.3, -0.25) is 14.5 Å². The zero-order valence-corrected chi connectivity index (χ0v) is 17.6. The molecule has 0 unspecified atom stereocenters. The van der Waals surface area contributed by atoms with Gasteiger partial charge in [0.1, 0.15) is 12.1 Å². The van der Waals surface area contributed by atoms with Crippen molar-refractivity contribution in [2.24, 2.45) is 0 Å². The molecule has 0 spiro atoms. The number of quaternary nitrogens is 1. The third-order valence-corrected chi connectivity index (χ3v) is 6.14. The van der Waals surface area contributed by atoms with Crippen molar-refractivity contribution in [2.45, 2.75) is 32.4 Å². The van der Waals surface area contributed by atoms with E-state index in [0.29, 0.717) is 13.1 Å². The fraction of sp³-hybridized carbons (Fsp3) is 0.435. The number of carbonyl (C=O) groups excluding carboxylic acids is 3. The largest absolute Gasteiger partial charge is 0.331 e. The van der Waals surface area contributed by atoms with E-state index in [2.05, 4.69) is 47.8 Å². The molecular weight excluding hydrogens is 380 g/mol. The Kier molecular flexibility index (Phi) is 5.47. The summed E-state index contributed by atoms with van der Waals surface area (Å²) in [5.41, 5.74) is 0.445. The molecule has 2 N–H and O–H groups in total. The van der Waals surface area contributed by atoms with E-state index in [1.54, 1.807) is 13.8 Å². The van der Waals surface area contributed by atoms with Crippen LogP contribution in [0.15, 0.2) is 42.5 Å². The highest BCUT2D eigenvalue weighted by Crippen LogP contribution is 2.18. The van der Waals surface area contributed by atoms with Gasteiger partial charge in [-0.05, 0) is 24.6 Å². The quantitative estimate of drug-likeness (QED) is 0.717. The van der Waals surface area contributed by atoms with Crippen molar-refractivity contribution in [1.82, 2.24) is 15.1 Å². The molecule has 0 radical (unpaired) electrons. The summed E-state index contributed by atoms with van der Waals surface area (Å²) in [5, 5.41) is 5.20. The number of amides is 4. The summed E-state index contributed by atoms with van der Waals surface area (Å²) < 4.78 is 0. The van der Waals surface area contributed by atoms with Crippen molar-refractivity contribution < 1.29 is 19.3 Å². The van der Waals surface area contributed by atoms with Crippen LogP contribution in [0.3, 0.4) is 0 Å². The lowest BCUT2D eigenvalue weighted by atomic mass is 10.0. The summed E-state index contributed by atoms with van der Waals surface area (Å²) in [4.78, 5) is 41.3. The van der Waals surface area contributed by atoms with Crippen molar-refractivity contribution in [3.05, 3.63) is 48.0 Å². The first-order valence-electron chi connectivity index (χ1n) is 10.6. The third kappa shape index (κ3) is 4.03. The van der Waals surface area contributed by atoms with Crippen LogP contribution in [-0.2, 0) is 16.1 Å². The van der Waals surface area contributed by atoms with Crippen molar-refractivity contribution in [2.75, 3.05) is 32.7 Å². The highest BCUT2D eigenvalue weighted by Gasteiger charge is 2.44. The number of benzene rings is 2. The van der Waals surface area contributed by atoms with Crippen LogP contribution in [0.2, 0.25) is 0 Å². The van der Waals surface area contributed by atoms with Crippen LogP contribution < -0.4 is 10.2 Å². The Morgan fingerprint density at radius 3 is 2.47 bits per heavy atom. The molecule has 2 saturated heterocycles. The van der Waals surface area contributed by atoms with Gasteiger partial charge < -0.3 is 15.1 Å². The molecule has 158 valence electrons. The molecule has 2 aliphatic rings. The van der Waals surface area contributed by atoms with Crippen molar-refractivity contribution in [3.63, 3.8) is 0 Å². The van der Waals surface area contributed by atoms with Crippen LogP contribution in [-0.4, -0.2) is 65.9 Å². The first kappa shape index (κ1) is 20.3. The lowest BCUT2D eigenvalue weighted by Gasteiger charge is -2.32. The van der Waals surface area contributed by atoms with Gasteiger partial charge in [-0.25, -0.2) is 4.79 Å². The molecule has 4 rings (SSSR count). The summed E-state index contributed by atoms with van der Waals surface area (Å²) in [7, 11) is 0. The second-order valence-electron chi connectivity index (χ2n) is 8.71. The molecule has 2 aromatic rings. The van der Waals surface area contributed by atoms with Crippen LogP contribution in [0, 0.1) is 0 Å². The molecule has 4 amide bonds. The van der Waals surface area contributed by atoms with E-state index in [4.69, 9.17) is 0 Å². The van der Waals surface area contributed by atoms with E-state index in [1.807, 2.05) is 4.90 Å². The maximum absolute atomic E-state index is 12.6. The van der Waals surface area contributed by atoms with Crippen molar-refractivity contribution >= 4 is 28.6 Å². The number of nitrogens with one attached hydrogen (secondary N) is 2. The summed E-state index contributed by atoms with van der Waals surface area (Å²) in [6.07, 6.45) is 0.175. The molecule has 2 heterocycles. The van der Waals surface area contributed by atoms with E-state index in [9.17, 15) is 14.4 Å². The third-order valence-electron chi connectivity index (χ3n) is 6.14. The number of nitrogens with zero attached hydrogens (tertiary/aromatic N) is 2. The van der Waals surface area contributed by atoms with E-state index in [0.717, 1.165) is 24.5 Å². The maximum Gasteiger partial charge on any atom is 0.325 e. The van der Waals surface area contributed by atoms with Gasteiger partial charge >= 0.3 is 6.03 Å². The number of hydrogen-bond donors (Lipinski definition) is 2. The number of rotatable bonds is 5. The Bertz CT molecular complexity index is 974. The lowest BCUT2D eigenvalue weighted by Crippen LogP contribution is -3.13. The number of fused-ring (bicyclic) bond motifs is 1. The Balaban J connectivity index is 1.29. The molecule has 30 heavy (non-hydrogen) atoms. The van der Waals surface area contributed by atoms with Gasteiger partial charge in [0.2, 0.25) is 5.91 Å². The van der Waals surface area contributed by atoms with Crippen LogP contribution in [0.1, 0.15) is 25.8 Å². The van der Waals surface area contributed by atoms with Crippen LogP contribution in [0.25, 0.3) is 10.8 Å². The molecular formula is C23H29N4O3+. The predicted octanol–water partition coefficient (Wildman–Crippen LogP) is 0.787. The van der Waals surface area contributed by atoms with E-state index < -0.39 is 11.6 Å².